The first kappa shape index (κ1) is 10.4. The van der Waals surface area contributed by atoms with Crippen molar-refractivity contribution in [2.24, 2.45) is 0 Å². The molecule has 2 rings (SSSR count). The first-order valence-corrected chi connectivity index (χ1v) is 5.96. The van der Waals surface area contributed by atoms with Crippen LogP contribution in [0.1, 0.15) is 15.5 Å². The van der Waals surface area contributed by atoms with Gasteiger partial charge in [-0.05, 0) is 28.1 Å². The molecule has 0 amide bonds. The number of halogens is 1. The van der Waals surface area contributed by atoms with Gasteiger partial charge < -0.3 is 0 Å². The van der Waals surface area contributed by atoms with Crippen molar-refractivity contribution >= 4 is 33.0 Å². The number of Topliss-reactive ketones (excluding diaryl/α,β-unsaturated/α-hetero) is 1. The molecule has 0 radical (unpaired) electrons. The van der Waals surface area contributed by atoms with Crippen LogP contribution >= 0.6 is 27.3 Å². The summed E-state index contributed by atoms with van der Waals surface area (Å²) >= 11 is 4.78. The average Bonchev–Trinajstić information content (AvgIpc) is 2.71. The number of pyridine rings is 1. The van der Waals surface area contributed by atoms with Gasteiger partial charge in [-0.15, -0.1) is 11.3 Å². The lowest BCUT2D eigenvalue weighted by atomic mass is 10.2. The van der Waals surface area contributed by atoms with E-state index >= 15 is 0 Å². The van der Waals surface area contributed by atoms with Crippen LogP contribution in [0.2, 0.25) is 0 Å². The molecule has 2 heterocycles. The molecule has 3 nitrogen and oxygen atoms in total. The third kappa shape index (κ3) is 2.49. The molecule has 0 spiro atoms. The Hall–Kier alpha value is -1.07. The van der Waals surface area contributed by atoms with Crippen LogP contribution in [-0.2, 0) is 6.42 Å². The molecule has 0 aromatic carbocycles. The largest absolute Gasteiger partial charge is 0.292 e. The highest BCUT2D eigenvalue weighted by atomic mass is 79.9. The fourth-order valence-corrected chi connectivity index (χ4v) is 2.24. The Kier molecular flexibility index (Phi) is 3.23. The minimum atomic E-state index is -0.0163. The van der Waals surface area contributed by atoms with Crippen molar-refractivity contribution in [3.63, 3.8) is 0 Å². The normalized spacial score (nSPS) is 10.2. The molecule has 0 bridgehead atoms. The molecule has 0 aliphatic heterocycles. The quantitative estimate of drug-likeness (QED) is 0.813. The highest BCUT2D eigenvalue weighted by Gasteiger charge is 2.12. The van der Waals surface area contributed by atoms with Crippen molar-refractivity contribution in [2.75, 3.05) is 0 Å². The van der Waals surface area contributed by atoms with E-state index in [0.717, 1.165) is 9.48 Å². The summed E-state index contributed by atoms with van der Waals surface area (Å²) in [5.41, 5.74) is 0.465. The maximum absolute atomic E-state index is 11.8. The van der Waals surface area contributed by atoms with Gasteiger partial charge in [0.15, 0.2) is 5.78 Å². The van der Waals surface area contributed by atoms with Crippen LogP contribution < -0.4 is 0 Å². The van der Waals surface area contributed by atoms with Crippen molar-refractivity contribution in [1.29, 1.82) is 0 Å². The standard InChI is InChI=1S/C10H7BrN2OS/c11-7-2-1-3-13-10(7)8(14)6-9-12-4-5-15-9/h1-5H,6H2. The molecular formula is C10H7BrN2OS. The zero-order chi connectivity index (χ0) is 10.7. The van der Waals surface area contributed by atoms with E-state index in [0.29, 0.717) is 12.1 Å². The molecule has 0 saturated heterocycles. The number of carbonyl (C=O) groups is 1. The van der Waals surface area contributed by atoms with Crippen molar-refractivity contribution in [3.05, 3.63) is 45.1 Å². The van der Waals surface area contributed by atoms with Gasteiger partial charge in [-0.2, -0.15) is 0 Å². The summed E-state index contributed by atoms with van der Waals surface area (Å²) < 4.78 is 0.728. The Bertz CT molecular complexity index is 470. The van der Waals surface area contributed by atoms with E-state index in [1.165, 1.54) is 11.3 Å². The Labute approximate surface area is 99.3 Å². The SMILES string of the molecule is O=C(Cc1nccs1)c1ncccc1Br. The van der Waals surface area contributed by atoms with Gasteiger partial charge in [0.2, 0.25) is 0 Å². The second kappa shape index (κ2) is 4.63. The zero-order valence-corrected chi connectivity index (χ0v) is 10.1. The molecule has 5 heteroatoms. The van der Waals surface area contributed by atoms with Crippen LogP contribution in [0.15, 0.2) is 34.4 Å². The molecule has 0 aliphatic rings. The van der Waals surface area contributed by atoms with Crippen LogP contribution in [-0.4, -0.2) is 15.8 Å². The van der Waals surface area contributed by atoms with E-state index in [1.807, 2.05) is 11.4 Å². The molecule has 0 saturated carbocycles. The van der Waals surface area contributed by atoms with Crippen molar-refractivity contribution in [3.8, 4) is 0 Å². The minimum absolute atomic E-state index is 0.0163. The van der Waals surface area contributed by atoms with Crippen LogP contribution in [0.4, 0.5) is 0 Å². The highest BCUT2D eigenvalue weighted by molar-refractivity contribution is 9.10. The molecular weight excluding hydrogens is 276 g/mol. The molecule has 76 valence electrons. The number of hydrogen-bond acceptors (Lipinski definition) is 4. The molecule has 15 heavy (non-hydrogen) atoms. The van der Waals surface area contributed by atoms with Gasteiger partial charge in [0.25, 0.3) is 0 Å². The maximum atomic E-state index is 11.8. The fourth-order valence-electron chi connectivity index (χ4n) is 1.15. The number of hydrogen-bond donors (Lipinski definition) is 0. The minimum Gasteiger partial charge on any atom is -0.292 e. The van der Waals surface area contributed by atoms with Gasteiger partial charge in [0.1, 0.15) is 10.7 Å². The fraction of sp³-hybridized carbons (Fsp3) is 0.100. The molecule has 2 aromatic rings. The van der Waals surface area contributed by atoms with Crippen LogP contribution in [0.3, 0.4) is 0 Å². The predicted molar refractivity (Wildman–Crippen MR) is 62.1 cm³/mol. The lowest BCUT2D eigenvalue weighted by Gasteiger charge is -1.99. The van der Waals surface area contributed by atoms with E-state index in [2.05, 4.69) is 25.9 Å². The van der Waals surface area contributed by atoms with E-state index < -0.39 is 0 Å². The third-order valence-electron chi connectivity index (χ3n) is 1.82. The molecule has 0 unspecified atom stereocenters. The summed E-state index contributed by atoms with van der Waals surface area (Å²) in [6.45, 7) is 0. The number of carbonyl (C=O) groups excluding carboxylic acids is 1. The summed E-state index contributed by atoms with van der Waals surface area (Å²) in [5.74, 6) is -0.0163. The van der Waals surface area contributed by atoms with E-state index in [1.54, 1.807) is 18.5 Å². The monoisotopic (exact) mass is 282 g/mol. The van der Waals surface area contributed by atoms with Crippen LogP contribution in [0.5, 0.6) is 0 Å². The van der Waals surface area contributed by atoms with E-state index in [9.17, 15) is 4.79 Å². The van der Waals surface area contributed by atoms with E-state index in [-0.39, 0.29) is 5.78 Å². The Morgan fingerprint density at radius 2 is 2.27 bits per heavy atom. The van der Waals surface area contributed by atoms with Gasteiger partial charge in [0, 0.05) is 22.2 Å². The number of aromatic nitrogens is 2. The van der Waals surface area contributed by atoms with Gasteiger partial charge in [0.05, 0.1) is 6.42 Å². The first-order chi connectivity index (χ1) is 7.27. The second-order valence-electron chi connectivity index (χ2n) is 2.86. The summed E-state index contributed by atoms with van der Waals surface area (Å²) in [7, 11) is 0. The molecule has 2 aromatic heterocycles. The summed E-state index contributed by atoms with van der Waals surface area (Å²) in [5, 5.41) is 2.67. The van der Waals surface area contributed by atoms with Gasteiger partial charge in [-0.25, -0.2) is 4.98 Å². The lowest BCUT2D eigenvalue weighted by Crippen LogP contribution is -2.06. The van der Waals surface area contributed by atoms with Gasteiger partial charge >= 0.3 is 0 Å². The van der Waals surface area contributed by atoms with Crippen LogP contribution in [0.25, 0.3) is 0 Å². The highest BCUT2D eigenvalue weighted by Crippen LogP contribution is 2.16. The number of rotatable bonds is 3. The third-order valence-corrected chi connectivity index (χ3v) is 3.24. The zero-order valence-electron chi connectivity index (χ0n) is 7.68. The van der Waals surface area contributed by atoms with Gasteiger partial charge in [-0.1, -0.05) is 0 Å². The average molecular weight is 283 g/mol. The summed E-state index contributed by atoms with van der Waals surface area (Å²) in [6, 6.07) is 3.59. The summed E-state index contributed by atoms with van der Waals surface area (Å²) in [6.07, 6.45) is 3.62. The maximum Gasteiger partial charge on any atom is 0.189 e. The Morgan fingerprint density at radius 3 is 2.93 bits per heavy atom. The number of thiazole rings is 1. The van der Waals surface area contributed by atoms with E-state index in [4.69, 9.17) is 0 Å². The molecule has 0 N–H and O–H groups in total. The second-order valence-corrected chi connectivity index (χ2v) is 4.69. The molecule has 0 aliphatic carbocycles. The van der Waals surface area contributed by atoms with Crippen molar-refractivity contribution < 1.29 is 4.79 Å². The lowest BCUT2D eigenvalue weighted by molar-refractivity contribution is 0.0987. The van der Waals surface area contributed by atoms with Crippen LogP contribution in [0, 0.1) is 0 Å². The first-order valence-electron chi connectivity index (χ1n) is 4.29. The topological polar surface area (TPSA) is 42.9 Å². The number of ketones is 1. The van der Waals surface area contributed by atoms with Crippen molar-refractivity contribution in [1.82, 2.24) is 9.97 Å². The Morgan fingerprint density at radius 1 is 1.40 bits per heavy atom. The Balaban J connectivity index is 2.19. The summed E-state index contributed by atoms with van der Waals surface area (Å²) in [4.78, 5) is 19.9. The predicted octanol–water partition coefficient (Wildman–Crippen LogP) is 2.73. The van der Waals surface area contributed by atoms with Gasteiger partial charge in [-0.3, -0.25) is 9.78 Å². The molecule has 0 fully saturated rings. The van der Waals surface area contributed by atoms with Crippen molar-refractivity contribution in [2.45, 2.75) is 6.42 Å². The smallest absolute Gasteiger partial charge is 0.189 e. The number of nitrogens with zero attached hydrogens (tertiary/aromatic N) is 2. The molecule has 0 atom stereocenters.